The molecular formula is C15H32. The molecule has 0 unspecified atom stereocenters. The summed E-state index contributed by atoms with van der Waals surface area (Å²) in [6.45, 7) is 16.8. The molecule has 0 heterocycles. The van der Waals surface area contributed by atoms with Gasteiger partial charge < -0.3 is 0 Å². The van der Waals surface area contributed by atoms with E-state index in [1.165, 1.54) is 32.1 Å². The first-order valence-electron chi connectivity index (χ1n) is 6.86. The Kier molecular flexibility index (Phi) is 5.92. The van der Waals surface area contributed by atoms with Crippen LogP contribution in [0, 0.1) is 16.7 Å². The number of rotatable bonds is 7. The zero-order chi connectivity index (χ0) is 12.1. The van der Waals surface area contributed by atoms with Crippen molar-refractivity contribution in [2.75, 3.05) is 0 Å². The summed E-state index contributed by atoms with van der Waals surface area (Å²) in [5.41, 5.74) is 0.989. The molecule has 0 N–H and O–H groups in total. The SMILES string of the molecule is CCC(CC)CC(C)(C)C(C)(CC)CC. The van der Waals surface area contributed by atoms with Crippen molar-refractivity contribution in [1.82, 2.24) is 0 Å². The minimum Gasteiger partial charge on any atom is -0.0651 e. The van der Waals surface area contributed by atoms with Gasteiger partial charge in [-0.1, -0.05) is 74.1 Å². The second-order valence-electron chi connectivity index (χ2n) is 6.04. The van der Waals surface area contributed by atoms with Gasteiger partial charge in [-0.05, 0) is 23.2 Å². The first kappa shape index (κ1) is 15.0. The first-order chi connectivity index (χ1) is 6.86. The molecule has 0 saturated carbocycles. The van der Waals surface area contributed by atoms with Crippen LogP contribution in [0.5, 0.6) is 0 Å². The number of hydrogen-bond acceptors (Lipinski definition) is 0. The van der Waals surface area contributed by atoms with Gasteiger partial charge in [0.05, 0.1) is 0 Å². The van der Waals surface area contributed by atoms with Crippen LogP contribution in [-0.4, -0.2) is 0 Å². The predicted molar refractivity (Wildman–Crippen MR) is 71.2 cm³/mol. The monoisotopic (exact) mass is 212 g/mol. The molecule has 0 nitrogen and oxygen atoms in total. The minimum absolute atomic E-state index is 0.479. The van der Waals surface area contributed by atoms with Crippen LogP contribution in [-0.2, 0) is 0 Å². The summed E-state index contributed by atoms with van der Waals surface area (Å²) in [5, 5.41) is 0. The van der Waals surface area contributed by atoms with Crippen molar-refractivity contribution in [3.8, 4) is 0 Å². The third-order valence-corrected chi connectivity index (χ3v) is 5.15. The molecule has 0 aromatic heterocycles. The van der Waals surface area contributed by atoms with Crippen molar-refractivity contribution < 1.29 is 0 Å². The molecule has 0 spiro atoms. The number of hydrogen-bond donors (Lipinski definition) is 0. The fourth-order valence-electron chi connectivity index (χ4n) is 2.75. The fraction of sp³-hybridized carbons (Fsp3) is 1.00. The summed E-state index contributed by atoms with van der Waals surface area (Å²) in [5.74, 6) is 0.914. The van der Waals surface area contributed by atoms with Crippen molar-refractivity contribution in [3.63, 3.8) is 0 Å². The van der Waals surface area contributed by atoms with Gasteiger partial charge >= 0.3 is 0 Å². The van der Waals surface area contributed by atoms with Crippen LogP contribution in [0.1, 0.15) is 80.6 Å². The van der Waals surface area contributed by atoms with Gasteiger partial charge in [-0.2, -0.15) is 0 Å². The van der Waals surface area contributed by atoms with Gasteiger partial charge in [0.25, 0.3) is 0 Å². The van der Waals surface area contributed by atoms with Crippen molar-refractivity contribution in [2.45, 2.75) is 80.6 Å². The molecule has 0 bridgehead atoms. The first-order valence-corrected chi connectivity index (χ1v) is 6.86. The molecule has 0 fully saturated rings. The Labute approximate surface area is 97.8 Å². The van der Waals surface area contributed by atoms with Crippen LogP contribution >= 0.6 is 0 Å². The van der Waals surface area contributed by atoms with Gasteiger partial charge in [0.15, 0.2) is 0 Å². The molecule has 0 aliphatic rings. The third kappa shape index (κ3) is 3.50. The molecule has 0 atom stereocenters. The highest BCUT2D eigenvalue weighted by Crippen LogP contribution is 2.48. The van der Waals surface area contributed by atoms with Gasteiger partial charge in [-0.15, -0.1) is 0 Å². The topological polar surface area (TPSA) is 0 Å². The average Bonchev–Trinajstić information content (AvgIpc) is 2.24. The van der Waals surface area contributed by atoms with E-state index < -0.39 is 0 Å². The molecule has 0 aromatic rings. The molecule has 0 saturated heterocycles. The minimum atomic E-state index is 0.479. The Morgan fingerprint density at radius 2 is 1.20 bits per heavy atom. The highest BCUT2D eigenvalue weighted by Gasteiger charge is 2.38. The average molecular weight is 212 g/mol. The zero-order valence-corrected chi connectivity index (χ0v) is 12.1. The molecule has 0 amide bonds. The van der Waals surface area contributed by atoms with Gasteiger partial charge in [0.1, 0.15) is 0 Å². The summed E-state index contributed by atoms with van der Waals surface area (Å²) in [7, 11) is 0. The van der Waals surface area contributed by atoms with Crippen LogP contribution in [0.3, 0.4) is 0 Å². The Morgan fingerprint density at radius 1 is 0.800 bits per heavy atom. The fourth-order valence-corrected chi connectivity index (χ4v) is 2.75. The van der Waals surface area contributed by atoms with Crippen molar-refractivity contribution in [3.05, 3.63) is 0 Å². The second-order valence-corrected chi connectivity index (χ2v) is 6.04. The molecule has 0 aromatic carbocycles. The van der Waals surface area contributed by atoms with E-state index in [2.05, 4.69) is 48.5 Å². The van der Waals surface area contributed by atoms with Gasteiger partial charge in [-0.3, -0.25) is 0 Å². The van der Waals surface area contributed by atoms with E-state index in [0.29, 0.717) is 10.8 Å². The Balaban J connectivity index is 4.64. The van der Waals surface area contributed by atoms with Gasteiger partial charge in [0.2, 0.25) is 0 Å². The van der Waals surface area contributed by atoms with E-state index >= 15 is 0 Å². The lowest BCUT2D eigenvalue weighted by Crippen LogP contribution is -2.35. The smallest absolute Gasteiger partial charge is 0.0280 e. The molecule has 92 valence electrons. The largest absolute Gasteiger partial charge is 0.0651 e. The van der Waals surface area contributed by atoms with Crippen molar-refractivity contribution in [2.24, 2.45) is 16.7 Å². The summed E-state index contributed by atoms with van der Waals surface area (Å²) in [6.07, 6.45) is 6.67. The molecule has 15 heavy (non-hydrogen) atoms. The summed E-state index contributed by atoms with van der Waals surface area (Å²) >= 11 is 0. The lowest BCUT2D eigenvalue weighted by atomic mass is 9.60. The van der Waals surface area contributed by atoms with Gasteiger partial charge in [0, 0.05) is 0 Å². The van der Waals surface area contributed by atoms with Crippen LogP contribution in [0.15, 0.2) is 0 Å². The van der Waals surface area contributed by atoms with Crippen LogP contribution in [0.2, 0.25) is 0 Å². The van der Waals surface area contributed by atoms with E-state index in [-0.39, 0.29) is 0 Å². The standard InChI is InChI=1S/C15H32/c1-8-13(9-2)12-14(5,6)15(7,10-3)11-4/h13H,8-12H2,1-7H3. The lowest BCUT2D eigenvalue weighted by Gasteiger charge is -2.45. The molecule has 0 aliphatic heterocycles. The van der Waals surface area contributed by atoms with E-state index in [0.717, 1.165) is 5.92 Å². The lowest BCUT2D eigenvalue weighted by molar-refractivity contribution is 0.0489. The van der Waals surface area contributed by atoms with E-state index in [1.807, 2.05) is 0 Å². The second kappa shape index (κ2) is 5.92. The molecule has 0 rings (SSSR count). The molecule has 0 heteroatoms. The highest BCUT2D eigenvalue weighted by atomic mass is 14.4. The van der Waals surface area contributed by atoms with Crippen LogP contribution in [0.4, 0.5) is 0 Å². The quantitative estimate of drug-likeness (QED) is 0.510. The third-order valence-electron chi connectivity index (χ3n) is 5.15. The maximum Gasteiger partial charge on any atom is -0.0280 e. The summed E-state index contributed by atoms with van der Waals surface area (Å²) in [4.78, 5) is 0. The van der Waals surface area contributed by atoms with E-state index in [1.54, 1.807) is 0 Å². The zero-order valence-electron chi connectivity index (χ0n) is 12.1. The molecule has 0 radical (unpaired) electrons. The Hall–Kier alpha value is 0. The van der Waals surface area contributed by atoms with E-state index in [4.69, 9.17) is 0 Å². The normalized spacial score (nSPS) is 13.6. The van der Waals surface area contributed by atoms with E-state index in [9.17, 15) is 0 Å². The molecule has 0 aliphatic carbocycles. The van der Waals surface area contributed by atoms with Crippen molar-refractivity contribution in [1.29, 1.82) is 0 Å². The van der Waals surface area contributed by atoms with Crippen LogP contribution < -0.4 is 0 Å². The van der Waals surface area contributed by atoms with Crippen LogP contribution in [0.25, 0.3) is 0 Å². The highest BCUT2D eigenvalue weighted by molar-refractivity contribution is 4.88. The maximum absolute atomic E-state index is 2.47. The summed E-state index contributed by atoms with van der Waals surface area (Å²) < 4.78 is 0. The van der Waals surface area contributed by atoms with Crippen molar-refractivity contribution >= 4 is 0 Å². The van der Waals surface area contributed by atoms with Gasteiger partial charge in [-0.25, -0.2) is 0 Å². The Morgan fingerprint density at radius 3 is 1.47 bits per heavy atom. The summed E-state index contributed by atoms with van der Waals surface area (Å²) in [6, 6.07) is 0. The maximum atomic E-state index is 2.47. The molecular weight excluding hydrogens is 180 g/mol. The predicted octanol–water partition coefficient (Wildman–Crippen LogP) is 5.67. The Bertz CT molecular complexity index is 159.